The van der Waals surface area contributed by atoms with Gasteiger partial charge in [0, 0.05) is 99.0 Å². The number of nitriles is 1. The summed E-state index contributed by atoms with van der Waals surface area (Å²) < 4.78 is 17.9. The predicted molar refractivity (Wildman–Crippen MR) is 480 cm³/mol. The van der Waals surface area contributed by atoms with E-state index < -0.39 is 44.8 Å². The number of benzene rings is 1. The number of aromatic hydroxyl groups is 1. The van der Waals surface area contributed by atoms with Gasteiger partial charge in [-0.25, -0.2) is 14.0 Å². The Kier molecular flexibility index (Phi) is 64.6. The number of phenols is 1. The highest BCUT2D eigenvalue weighted by atomic mass is 19.1. The number of esters is 1. The number of allylic oxidation sites excluding steroid dienone is 7. The summed E-state index contributed by atoms with van der Waals surface area (Å²) in [5.74, 6) is 3.56. The number of carboxylic acid groups (broad SMARTS) is 1. The third-order valence-corrected chi connectivity index (χ3v) is 13.8. The molecule has 0 bridgehead atoms. The molecule has 0 fully saturated rings. The molecule has 120 heavy (non-hydrogen) atoms. The highest BCUT2D eigenvalue weighted by Crippen LogP contribution is 2.25. The van der Waals surface area contributed by atoms with Gasteiger partial charge in [-0.3, -0.25) is 52.9 Å². The van der Waals surface area contributed by atoms with E-state index in [0.29, 0.717) is 31.8 Å². The quantitative estimate of drug-likeness (QED) is 0.0213. The smallest absolute Gasteiger partial charge is 0.330 e. The fourth-order valence-corrected chi connectivity index (χ4v) is 6.47. The molecule has 0 aliphatic rings. The third-order valence-electron chi connectivity index (χ3n) is 13.8. The number of aromatic nitrogens is 1. The first-order valence-corrected chi connectivity index (χ1v) is 38.8. The number of amides is 2. The number of ketones is 8. The van der Waals surface area contributed by atoms with Crippen LogP contribution in [0.25, 0.3) is 12.2 Å². The number of Topliss-reactive ketones (excluding diaryl/α,β-unsaturated/α-hetero) is 2. The van der Waals surface area contributed by atoms with Crippen LogP contribution in [0.3, 0.4) is 0 Å². The van der Waals surface area contributed by atoms with Gasteiger partial charge in [0.15, 0.2) is 40.5 Å². The zero-order valence-electron chi connectivity index (χ0n) is 78.4. The summed E-state index contributed by atoms with van der Waals surface area (Å²) >= 11 is 0. The van der Waals surface area contributed by atoms with Crippen LogP contribution in [0.1, 0.15) is 232 Å². The van der Waals surface area contributed by atoms with Crippen LogP contribution in [-0.4, -0.2) is 182 Å². The number of nitrogens with two attached hydrogens (primary N) is 1. The predicted octanol–water partition coefficient (Wildman–Crippen LogP) is 15.0. The van der Waals surface area contributed by atoms with Gasteiger partial charge in [-0.05, 0) is 160 Å². The highest BCUT2D eigenvalue weighted by Gasteiger charge is 2.27. The first-order chi connectivity index (χ1) is 54.1. The molecule has 1 heterocycles. The Labute approximate surface area is 718 Å². The van der Waals surface area contributed by atoms with Crippen LogP contribution in [0.5, 0.6) is 5.75 Å². The molecular weight excluding hydrogens is 1530 g/mol. The molecule has 0 aliphatic carbocycles. The van der Waals surface area contributed by atoms with E-state index in [2.05, 4.69) is 33.5 Å². The van der Waals surface area contributed by atoms with Crippen LogP contribution in [0.15, 0.2) is 128 Å². The van der Waals surface area contributed by atoms with E-state index in [9.17, 15) is 67.0 Å². The number of aliphatic hydroxyl groups is 3. The molecule has 0 atom stereocenters. The van der Waals surface area contributed by atoms with E-state index >= 15 is 0 Å². The lowest BCUT2D eigenvalue weighted by molar-refractivity contribution is -0.137. The Morgan fingerprint density at radius 1 is 0.583 bits per heavy atom. The second-order valence-electron chi connectivity index (χ2n) is 36.6. The molecule has 0 spiro atoms. The number of carboxylic acids is 1. The number of β-amino-alcohol motifs (C(OH)–C–C–N with tert-alkyl or cyclic N) is 1. The number of pyridine rings is 1. The Balaban J connectivity index is -0.000000195. The topological polar surface area (TPSA) is 396 Å². The van der Waals surface area contributed by atoms with E-state index in [0.717, 1.165) is 24.8 Å². The van der Waals surface area contributed by atoms with Crippen LogP contribution < -0.4 is 11.1 Å². The van der Waals surface area contributed by atoms with Gasteiger partial charge >= 0.3 is 11.9 Å². The van der Waals surface area contributed by atoms with Gasteiger partial charge < -0.3 is 51.1 Å². The largest absolute Gasteiger partial charge is 0.507 e. The minimum atomic E-state index is -1.09. The van der Waals surface area contributed by atoms with Crippen LogP contribution >= 0.6 is 0 Å². The van der Waals surface area contributed by atoms with Crippen molar-refractivity contribution in [1.82, 2.24) is 20.1 Å². The van der Waals surface area contributed by atoms with Crippen molar-refractivity contribution in [3.05, 3.63) is 145 Å². The summed E-state index contributed by atoms with van der Waals surface area (Å²) in [5, 5.41) is 54.5. The molecule has 1 aromatic heterocycles. The minimum Gasteiger partial charge on any atom is -0.507 e. The summed E-state index contributed by atoms with van der Waals surface area (Å²) in [6, 6.07) is 11.3. The number of phenolic OH excluding ortho intramolecular Hbond substituents is 1. The molecule has 0 unspecified atom stereocenters. The van der Waals surface area contributed by atoms with Crippen molar-refractivity contribution in [2.24, 2.45) is 49.1 Å². The standard InChI is InChI=1S/C13H15FO2.C13H14N2O.C10H19NO.C10H16O3.C9H17NO2.C9H16O2.C8H15NO.C8H12O3.C8H12O2.C7H11NO/c1-13(2,3)12(16)8-7-9-10(14)5-4-6-11(9)15;1-13(2,3)12(16)10(9-14)8-11-6-4-5-7-15-11;1-10(2,3)9(12)7-6-8-11(4)5;1-5-13-9(12)7-6-8(11)10(2,3)4;1-5-8(12)10(6-7-11)9(2,3)4;1-9(2,3)8(11)6-4-5-7-10;1-8(2,3)7(10)5-4-6-9;1-8(2,3)6(9)4-5-7(10)11;1-8(2,3)7(10)5-4-6-9;1-5-6(9)8-7(2,3)4/h4-8,15H,1-3H3;4-8H,1-3H3;6-7H,8H2,1-5H3;6-7H,5H2,1-4H3;5,11H,1,6-7H2,2-4H3;4,6,10H,5,7H2,1-3H3;4-5H,6,9H2,1-3H3;4-5H,1-3H3,(H,10,11);9H,6H2,1-3H3;1H,2-4H3,(H,8,9)/b8-7+;10-8+;2*7-6+;;6-4+;2*5-4+;;. The van der Waals surface area contributed by atoms with Crippen molar-refractivity contribution in [3.8, 4) is 36.0 Å². The molecule has 2 amide bonds. The van der Waals surface area contributed by atoms with Gasteiger partial charge in [-0.15, -0.1) is 6.42 Å². The lowest BCUT2D eigenvalue weighted by Crippen LogP contribution is -2.46. The summed E-state index contributed by atoms with van der Waals surface area (Å²) in [7, 11) is 3.96. The lowest BCUT2D eigenvalue weighted by atomic mass is 9.86. The fourth-order valence-electron chi connectivity index (χ4n) is 6.47. The number of hydrogen-bond acceptors (Lipinski definition) is 21. The van der Waals surface area contributed by atoms with Crippen LogP contribution in [0, 0.1) is 84.7 Å². The minimum absolute atomic E-state index is 0.0170. The van der Waals surface area contributed by atoms with Crippen LogP contribution in [0.4, 0.5) is 4.39 Å². The second kappa shape index (κ2) is 61.9. The zero-order chi connectivity index (χ0) is 96.4. The van der Waals surface area contributed by atoms with Gasteiger partial charge in [0.05, 0.1) is 30.0 Å². The number of nitrogens with one attached hydrogen (secondary N) is 1. The molecular formula is C95H147FN6O18. The summed E-state index contributed by atoms with van der Waals surface area (Å²) in [4.78, 5) is 140. The molecule has 0 aliphatic heterocycles. The number of carbonyl (C=O) groups is 12. The summed E-state index contributed by atoms with van der Waals surface area (Å²) in [6.45, 7) is 62.0. The molecule has 672 valence electrons. The maximum atomic E-state index is 13.3. The van der Waals surface area contributed by atoms with Crippen LogP contribution in [-0.2, 0) is 62.3 Å². The van der Waals surface area contributed by atoms with Crippen molar-refractivity contribution in [1.29, 1.82) is 5.26 Å². The normalized spacial score (nSPS) is 11.7. The van der Waals surface area contributed by atoms with E-state index in [4.69, 9.17) is 37.8 Å². The first-order valence-electron chi connectivity index (χ1n) is 38.8. The molecule has 0 radical (unpaired) electrons. The Morgan fingerprint density at radius 3 is 1.33 bits per heavy atom. The number of likely N-dealkylation sites (N-methyl/N-ethyl adjacent to an activating group) is 1. The third kappa shape index (κ3) is 74.0. The first kappa shape index (κ1) is 125. The molecule has 1 aromatic carbocycles. The van der Waals surface area contributed by atoms with E-state index in [1.165, 1.54) is 54.7 Å². The molecule has 8 N–H and O–H groups in total. The van der Waals surface area contributed by atoms with Crippen LogP contribution in [0.2, 0.25) is 0 Å². The highest BCUT2D eigenvalue weighted by molar-refractivity contribution is 6.06. The Morgan fingerprint density at radius 2 is 1.02 bits per heavy atom. The molecule has 25 heteroatoms. The maximum absolute atomic E-state index is 13.3. The average Bonchev–Trinajstić information content (AvgIpc) is 0.857. The van der Waals surface area contributed by atoms with Gasteiger partial charge in [0.25, 0.3) is 5.91 Å². The van der Waals surface area contributed by atoms with Gasteiger partial charge in [0.1, 0.15) is 24.2 Å². The zero-order valence-corrected chi connectivity index (χ0v) is 78.4. The lowest BCUT2D eigenvalue weighted by Gasteiger charge is -2.34. The monoisotopic (exact) mass is 1680 g/mol. The van der Waals surface area contributed by atoms with E-state index in [1.54, 1.807) is 158 Å². The van der Waals surface area contributed by atoms with Gasteiger partial charge in [0.2, 0.25) is 11.7 Å². The van der Waals surface area contributed by atoms with Crippen molar-refractivity contribution < 1.29 is 92.2 Å². The maximum Gasteiger partial charge on any atom is 0.330 e. The van der Waals surface area contributed by atoms with Crippen molar-refractivity contribution in [2.45, 2.75) is 232 Å². The molecule has 2 aromatic rings. The van der Waals surface area contributed by atoms with E-state index in [-0.39, 0.29) is 122 Å². The van der Waals surface area contributed by atoms with E-state index in [1.807, 2.05) is 147 Å². The number of halogens is 1. The number of aliphatic carboxylic acids is 1. The number of carbonyl (C=O) groups excluding carboxylic acids is 11. The van der Waals surface area contributed by atoms with Crippen molar-refractivity contribution in [3.63, 3.8) is 0 Å². The number of rotatable bonds is 20. The SMILES string of the molecule is C#CC(=O)NC(C)(C)C.C=CC(=O)N(CCO)C(C)(C)C.CC(C)(C)C(=O)/C(C#N)=C/c1ccccn1.CC(C)(C)C(=O)/C=C/C(=O)O.CC(C)(C)C(=O)/C=C/CCO.CC(C)(C)C(=O)/C=C/CN.CC(C)(C)C(=O)/C=C/c1c(O)cccc1F.CC(C)(C)C(=O)C#CCO.CCOC(=O)/C=C/C(=O)C(C)(C)C.CN(C)C/C=C/C(=O)C(C)(C)C. The number of nitrogens with zero attached hydrogens (tertiary/aromatic N) is 4. The Bertz CT molecular complexity index is 3890. The van der Waals surface area contributed by atoms with Gasteiger partial charge in [-0.1, -0.05) is 209 Å². The number of ether oxygens (including phenoxy) is 1. The average molecular weight is 1680 g/mol. The molecule has 2 rings (SSSR count). The molecule has 0 saturated heterocycles. The Hall–Kier alpha value is -10.3. The number of terminal acetylenes is 1. The summed E-state index contributed by atoms with van der Waals surface area (Å²) in [5.41, 5.74) is 2.30. The molecule has 0 saturated carbocycles. The molecule has 24 nitrogen and oxygen atoms in total. The summed E-state index contributed by atoms with van der Waals surface area (Å²) in [6.07, 6.45) is 26.8. The number of aliphatic hydroxyl groups excluding tert-OH is 3. The fraction of sp³-hybridized carbons (Fsp3) is 0.537. The van der Waals surface area contributed by atoms with Crippen molar-refractivity contribution in [2.75, 3.05) is 60.2 Å². The number of hydrogen-bond donors (Lipinski definition) is 7. The van der Waals surface area contributed by atoms with Gasteiger partial charge in [-0.2, -0.15) is 5.26 Å². The second-order valence-corrected chi connectivity index (χ2v) is 36.6. The van der Waals surface area contributed by atoms with Crippen molar-refractivity contribution >= 4 is 82.2 Å².